The van der Waals surface area contributed by atoms with Crippen molar-refractivity contribution in [3.8, 4) is 0 Å². The molecule has 2 N–H and O–H groups in total. The third kappa shape index (κ3) is 2.23. The molecule has 1 aromatic rings. The Kier molecular flexibility index (Phi) is 2.94. The molecule has 1 aromatic heterocycles. The fraction of sp³-hybridized carbons (Fsp3) is 0.727. The first kappa shape index (κ1) is 11.1. The van der Waals surface area contributed by atoms with Crippen LogP contribution < -0.4 is 5.32 Å². The first-order valence-corrected chi connectivity index (χ1v) is 5.88. The Morgan fingerprint density at radius 1 is 1.50 bits per heavy atom. The molecule has 5 heteroatoms. The maximum absolute atomic E-state index is 11.7. The molecule has 0 spiro atoms. The van der Waals surface area contributed by atoms with E-state index >= 15 is 0 Å². The van der Waals surface area contributed by atoms with E-state index < -0.39 is 0 Å². The number of amides is 1. The number of aryl methyl sites for hydroxylation is 1. The number of hydrogen-bond donors (Lipinski definition) is 2. The summed E-state index contributed by atoms with van der Waals surface area (Å²) in [6, 6.07) is 0. The van der Waals surface area contributed by atoms with Crippen LogP contribution in [-0.4, -0.2) is 27.6 Å². The van der Waals surface area contributed by atoms with E-state index in [4.69, 9.17) is 0 Å². The van der Waals surface area contributed by atoms with E-state index in [1.54, 1.807) is 0 Å². The van der Waals surface area contributed by atoms with Crippen molar-refractivity contribution in [3.05, 3.63) is 11.6 Å². The van der Waals surface area contributed by atoms with E-state index in [1.807, 2.05) is 6.92 Å². The smallest absolute Gasteiger partial charge is 0.290 e. The van der Waals surface area contributed by atoms with Crippen LogP contribution in [0.15, 0.2) is 0 Å². The van der Waals surface area contributed by atoms with Crippen molar-refractivity contribution in [1.29, 1.82) is 0 Å². The highest BCUT2D eigenvalue weighted by Crippen LogP contribution is 2.47. The third-order valence-electron chi connectivity index (χ3n) is 3.40. The van der Waals surface area contributed by atoms with Gasteiger partial charge in [0.25, 0.3) is 5.91 Å². The van der Waals surface area contributed by atoms with Gasteiger partial charge in [0, 0.05) is 13.0 Å². The van der Waals surface area contributed by atoms with Crippen LogP contribution in [0.25, 0.3) is 0 Å². The first-order chi connectivity index (χ1) is 7.69. The maximum atomic E-state index is 11.7. The average Bonchev–Trinajstić information content (AvgIpc) is 2.94. The summed E-state index contributed by atoms with van der Waals surface area (Å²) in [6.07, 6.45) is 4.33. The van der Waals surface area contributed by atoms with Crippen molar-refractivity contribution < 1.29 is 4.79 Å². The van der Waals surface area contributed by atoms with Gasteiger partial charge in [-0.3, -0.25) is 9.89 Å². The molecule has 0 radical (unpaired) electrons. The molecule has 1 amide bonds. The molecule has 0 aromatic carbocycles. The summed E-state index contributed by atoms with van der Waals surface area (Å²) < 4.78 is 0. The fourth-order valence-electron chi connectivity index (χ4n) is 1.73. The van der Waals surface area contributed by atoms with Gasteiger partial charge in [0.05, 0.1) is 0 Å². The minimum absolute atomic E-state index is 0.171. The molecule has 1 heterocycles. The number of carbonyl (C=O) groups is 1. The molecular weight excluding hydrogens is 204 g/mol. The minimum Gasteiger partial charge on any atom is -0.349 e. The zero-order valence-corrected chi connectivity index (χ0v) is 9.84. The molecule has 1 fully saturated rings. The summed E-state index contributed by atoms with van der Waals surface area (Å²) in [5, 5.41) is 9.53. The Labute approximate surface area is 95.0 Å². The third-order valence-corrected chi connectivity index (χ3v) is 3.40. The van der Waals surface area contributed by atoms with Crippen LogP contribution in [0.2, 0.25) is 0 Å². The normalized spacial score (nSPS) is 17.1. The van der Waals surface area contributed by atoms with Crippen LogP contribution in [0.4, 0.5) is 0 Å². The van der Waals surface area contributed by atoms with Gasteiger partial charge in [0.15, 0.2) is 0 Å². The summed E-state index contributed by atoms with van der Waals surface area (Å²) >= 11 is 0. The molecule has 5 nitrogen and oxygen atoms in total. The molecule has 0 saturated heterocycles. The van der Waals surface area contributed by atoms with E-state index in [1.165, 1.54) is 12.8 Å². The van der Waals surface area contributed by atoms with E-state index in [0.29, 0.717) is 5.41 Å². The first-order valence-electron chi connectivity index (χ1n) is 5.88. The zero-order chi connectivity index (χ0) is 11.6. The van der Waals surface area contributed by atoms with Gasteiger partial charge in [0.2, 0.25) is 5.82 Å². The number of rotatable bonds is 5. The molecule has 1 saturated carbocycles. The lowest BCUT2D eigenvalue weighted by Gasteiger charge is -2.11. The van der Waals surface area contributed by atoms with Gasteiger partial charge in [-0.1, -0.05) is 13.8 Å². The average molecular weight is 222 g/mol. The molecular formula is C11H18N4O. The lowest BCUT2D eigenvalue weighted by atomic mass is 10.0. The van der Waals surface area contributed by atoms with Crippen LogP contribution in [0.3, 0.4) is 0 Å². The van der Waals surface area contributed by atoms with Gasteiger partial charge in [-0.2, -0.15) is 0 Å². The lowest BCUT2D eigenvalue weighted by molar-refractivity contribution is 0.0934. The number of carbonyl (C=O) groups excluding carboxylic acids is 1. The van der Waals surface area contributed by atoms with Crippen LogP contribution in [0.5, 0.6) is 0 Å². The number of hydrogen-bond acceptors (Lipinski definition) is 3. The Morgan fingerprint density at radius 2 is 2.25 bits per heavy atom. The lowest BCUT2D eigenvalue weighted by Crippen LogP contribution is -2.30. The number of nitrogens with zero attached hydrogens (tertiary/aromatic N) is 2. The summed E-state index contributed by atoms with van der Waals surface area (Å²) in [7, 11) is 0. The SMILES string of the molecule is CCc1nc(C(=O)NCC2(CC)CC2)n[nH]1. The molecule has 2 rings (SSSR count). The van der Waals surface area contributed by atoms with Crippen LogP contribution in [0.1, 0.15) is 49.6 Å². The summed E-state index contributed by atoms with van der Waals surface area (Å²) in [4.78, 5) is 15.8. The molecule has 0 atom stereocenters. The molecule has 0 bridgehead atoms. The van der Waals surface area contributed by atoms with Crippen molar-refractivity contribution in [2.24, 2.45) is 5.41 Å². The molecule has 16 heavy (non-hydrogen) atoms. The number of nitrogens with one attached hydrogen (secondary N) is 2. The topological polar surface area (TPSA) is 70.7 Å². The molecule has 0 aliphatic heterocycles. The van der Waals surface area contributed by atoms with Crippen LogP contribution in [-0.2, 0) is 6.42 Å². The van der Waals surface area contributed by atoms with Gasteiger partial charge in [0.1, 0.15) is 5.82 Å². The van der Waals surface area contributed by atoms with Gasteiger partial charge >= 0.3 is 0 Å². The Balaban J connectivity index is 1.88. The zero-order valence-electron chi connectivity index (χ0n) is 9.84. The number of H-pyrrole nitrogens is 1. The van der Waals surface area contributed by atoms with E-state index in [9.17, 15) is 4.79 Å². The molecule has 1 aliphatic rings. The van der Waals surface area contributed by atoms with Crippen molar-refractivity contribution in [2.45, 2.75) is 39.5 Å². The molecule has 0 unspecified atom stereocenters. The second-order valence-electron chi connectivity index (χ2n) is 4.50. The maximum Gasteiger partial charge on any atom is 0.290 e. The Hall–Kier alpha value is -1.39. The van der Waals surface area contributed by atoms with Crippen molar-refractivity contribution in [2.75, 3.05) is 6.54 Å². The van der Waals surface area contributed by atoms with Gasteiger partial charge in [-0.15, -0.1) is 5.10 Å². The highest BCUT2D eigenvalue weighted by Gasteiger charge is 2.40. The summed E-state index contributed by atoms with van der Waals surface area (Å²) in [6.45, 7) is 4.89. The highest BCUT2D eigenvalue weighted by molar-refractivity contribution is 5.90. The Bertz CT molecular complexity index is 381. The van der Waals surface area contributed by atoms with E-state index in [2.05, 4.69) is 27.4 Å². The van der Waals surface area contributed by atoms with Crippen LogP contribution >= 0.6 is 0 Å². The highest BCUT2D eigenvalue weighted by atomic mass is 16.2. The number of aromatic nitrogens is 3. The molecule has 1 aliphatic carbocycles. The van der Waals surface area contributed by atoms with E-state index in [0.717, 1.165) is 25.2 Å². The quantitative estimate of drug-likeness (QED) is 0.788. The van der Waals surface area contributed by atoms with E-state index in [-0.39, 0.29) is 11.7 Å². The molecule has 88 valence electrons. The predicted molar refractivity (Wildman–Crippen MR) is 60.1 cm³/mol. The van der Waals surface area contributed by atoms with Crippen LogP contribution in [0, 0.1) is 5.41 Å². The number of aromatic amines is 1. The second-order valence-corrected chi connectivity index (χ2v) is 4.50. The van der Waals surface area contributed by atoms with Crippen molar-refractivity contribution in [1.82, 2.24) is 20.5 Å². The monoisotopic (exact) mass is 222 g/mol. The van der Waals surface area contributed by atoms with Gasteiger partial charge in [-0.05, 0) is 24.7 Å². The van der Waals surface area contributed by atoms with Crippen molar-refractivity contribution >= 4 is 5.91 Å². The summed E-state index contributed by atoms with van der Waals surface area (Å²) in [5.74, 6) is 0.834. The largest absolute Gasteiger partial charge is 0.349 e. The van der Waals surface area contributed by atoms with Gasteiger partial charge in [-0.25, -0.2) is 4.98 Å². The minimum atomic E-state index is -0.171. The predicted octanol–water partition coefficient (Wildman–Crippen LogP) is 1.29. The standard InChI is InChI=1S/C11H18N4O/c1-3-8-13-9(15-14-8)10(16)12-7-11(4-2)5-6-11/h3-7H2,1-2H3,(H,12,16)(H,13,14,15). The second kappa shape index (κ2) is 4.23. The fourth-order valence-corrected chi connectivity index (χ4v) is 1.73. The van der Waals surface area contributed by atoms with Crippen molar-refractivity contribution in [3.63, 3.8) is 0 Å². The van der Waals surface area contributed by atoms with Gasteiger partial charge < -0.3 is 5.32 Å². The summed E-state index contributed by atoms with van der Waals surface area (Å²) in [5.41, 5.74) is 0.361. The Morgan fingerprint density at radius 3 is 2.75 bits per heavy atom.